The van der Waals surface area contributed by atoms with Crippen molar-refractivity contribution in [2.75, 3.05) is 18.4 Å². The number of rotatable bonds is 6. The first-order valence-corrected chi connectivity index (χ1v) is 6.27. The van der Waals surface area contributed by atoms with E-state index in [9.17, 15) is 4.79 Å². The fourth-order valence-electron chi connectivity index (χ4n) is 1.71. The second-order valence-electron chi connectivity index (χ2n) is 4.45. The molecule has 1 heterocycles. The third-order valence-electron chi connectivity index (χ3n) is 2.92. The van der Waals surface area contributed by atoms with Crippen LogP contribution in [-0.2, 0) is 0 Å². The largest absolute Gasteiger partial charge is 0.370 e. The zero-order chi connectivity index (χ0) is 12.1. The van der Waals surface area contributed by atoms with Crippen LogP contribution in [-0.4, -0.2) is 24.0 Å². The van der Waals surface area contributed by atoms with E-state index in [0.717, 1.165) is 31.2 Å². The van der Waals surface area contributed by atoms with E-state index in [-0.39, 0.29) is 5.91 Å². The van der Waals surface area contributed by atoms with Gasteiger partial charge >= 0.3 is 0 Å². The maximum absolute atomic E-state index is 11.7. The van der Waals surface area contributed by atoms with Gasteiger partial charge in [0.15, 0.2) is 0 Å². The molecule has 1 saturated carbocycles. The standard InChI is InChI=1S/C13H19N3O/c1-2-14-12-6-5-11(9-16-12)13(17)15-8-7-10-3-4-10/h5-6,9-10H,2-4,7-8H2,1H3,(H,14,16)(H,15,17). The summed E-state index contributed by atoms with van der Waals surface area (Å²) in [6.07, 6.45) is 5.38. The monoisotopic (exact) mass is 233 g/mol. The van der Waals surface area contributed by atoms with Gasteiger partial charge in [-0.2, -0.15) is 0 Å². The molecule has 92 valence electrons. The summed E-state index contributed by atoms with van der Waals surface area (Å²) in [5.41, 5.74) is 0.627. The molecule has 0 radical (unpaired) electrons. The number of nitrogens with one attached hydrogen (secondary N) is 2. The number of aromatic nitrogens is 1. The minimum absolute atomic E-state index is 0.0267. The van der Waals surface area contributed by atoms with Gasteiger partial charge in [-0.15, -0.1) is 0 Å². The predicted molar refractivity (Wildman–Crippen MR) is 68.1 cm³/mol. The Bertz CT molecular complexity index is 371. The third kappa shape index (κ3) is 3.73. The van der Waals surface area contributed by atoms with E-state index in [1.807, 2.05) is 13.0 Å². The molecular formula is C13H19N3O. The van der Waals surface area contributed by atoms with Gasteiger partial charge in [0.05, 0.1) is 5.56 Å². The molecule has 4 nitrogen and oxygen atoms in total. The van der Waals surface area contributed by atoms with Crippen molar-refractivity contribution in [2.24, 2.45) is 5.92 Å². The van der Waals surface area contributed by atoms with Crippen LogP contribution in [0.4, 0.5) is 5.82 Å². The SMILES string of the molecule is CCNc1ccc(C(=O)NCCC2CC2)cn1. The van der Waals surface area contributed by atoms with Gasteiger partial charge in [-0.1, -0.05) is 12.8 Å². The lowest BCUT2D eigenvalue weighted by molar-refractivity contribution is 0.0952. The molecule has 0 aromatic carbocycles. The Morgan fingerprint density at radius 3 is 2.88 bits per heavy atom. The van der Waals surface area contributed by atoms with Gasteiger partial charge in [-0.05, 0) is 31.4 Å². The quantitative estimate of drug-likeness (QED) is 0.790. The van der Waals surface area contributed by atoms with Crippen LogP contribution in [0.25, 0.3) is 0 Å². The van der Waals surface area contributed by atoms with E-state index >= 15 is 0 Å². The molecule has 0 bridgehead atoms. The topological polar surface area (TPSA) is 54.0 Å². The number of anilines is 1. The molecule has 4 heteroatoms. The van der Waals surface area contributed by atoms with Crippen molar-refractivity contribution in [3.8, 4) is 0 Å². The molecule has 0 atom stereocenters. The summed E-state index contributed by atoms with van der Waals surface area (Å²) in [5, 5.41) is 6.02. The van der Waals surface area contributed by atoms with Crippen LogP contribution in [0.5, 0.6) is 0 Å². The number of nitrogens with zero attached hydrogens (tertiary/aromatic N) is 1. The third-order valence-corrected chi connectivity index (χ3v) is 2.92. The van der Waals surface area contributed by atoms with Crippen molar-refractivity contribution < 1.29 is 4.79 Å². The predicted octanol–water partition coefficient (Wildman–Crippen LogP) is 2.04. The highest BCUT2D eigenvalue weighted by atomic mass is 16.1. The van der Waals surface area contributed by atoms with Crippen LogP contribution < -0.4 is 10.6 Å². The van der Waals surface area contributed by atoms with E-state index in [2.05, 4.69) is 15.6 Å². The second-order valence-corrected chi connectivity index (χ2v) is 4.45. The normalized spacial score (nSPS) is 14.4. The van der Waals surface area contributed by atoms with E-state index in [4.69, 9.17) is 0 Å². The number of carbonyl (C=O) groups is 1. The second kappa shape index (κ2) is 5.66. The average molecular weight is 233 g/mol. The van der Waals surface area contributed by atoms with Crippen molar-refractivity contribution >= 4 is 11.7 Å². The Kier molecular flexibility index (Phi) is 3.96. The summed E-state index contributed by atoms with van der Waals surface area (Å²) in [7, 11) is 0. The number of pyridine rings is 1. The van der Waals surface area contributed by atoms with Gasteiger partial charge in [0.2, 0.25) is 0 Å². The molecular weight excluding hydrogens is 214 g/mol. The van der Waals surface area contributed by atoms with Crippen LogP contribution in [0.3, 0.4) is 0 Å². The lowest BCUT2D eigenvalue weighted by Crippen LogP contribution is -2.24. The molecule has 1 aliphatic rings. The minimum atomic E-state index is -0.0267. The van der Waals surface area contributed by atoms with Crippen LogP contribution in [0, 0.1) is 5.92 Å². The molecule has 2 rings (SSSR count). The van der Waals surface area contributed by atoms with E-state index in [0.29, 0.717) is 5.56 Å². The number of carbonyl (C=O) groups excluding carboxylic acids is 1. The first kappa shape index (κ1) is 11.9. The van der Waals surface area contributed by atoms with Gasteiger partial charge in [-0.25, -0.2) is 4.98 Å². The molecule has 2 N–H and O–H groups in total. The molecule has 1 amide bonds. The highest BCUT2D eigenvalue weighted by Crippen LogP contribution is 2.31. The molecule has 17 heavy (non-hydrogen) atoms. The highest BCUT2D eigenvalue weighted by molar-refractivity contribution is 5.94. The Balaban J connectivity index is 1.80. The summed E-state index contributed by atoms with van der Waals surface area (Å²) in [6.45, 7) is 3.62. The zero-order valence-electron chi connectivity index (χ0n) is 10.2. The molecule has 0 spiro atoms. The van der Waals surface area contributed by atoms with Crippen molar-refractivity contribution in [1.29, 1.82) is 0 Å². The van der Waals surface area contributed by atoms with Gasteiger partial charge in [0, 0.05) is 19.3 Å². The van der Waals surface area contributed by atoms with Crippen molar-refractivity contribution in [2.45, 2.75) is 26.2 Å². The lowest BCUT2D eigenvalue weighted by Gasteiger charge is -2.05. The lowest BCUT2D eigenvalue weighted by atomic mass is 10.2. The summed E-state index contributed by atoms with van der Waals surface area (Å²) < 4.78 is 0. The van der Waals surface area contributed by atoms with Crippen molar-refractivity contribution in [3.05, 3.63) is 23.9 Å². The Hall–Kier alpha value is -1.58. The molecule has 0 aliphatic heterocycles. The van der Waals surface area contributed by atoms with E-state index in [1.165, 1.54) is 12.8 Å². The smallest absolute Gasteiger partial charge is 0.252 e. The van der Waals surface area contributed by atoms with E-state index in [1.54, 1.807) is 12.3 Å². The first-order valence-electron chi connectivity index (χ1n) is 6.27. The molecule has 0 saturated heterocycles. The van der Waals surface area contributed by atoms with Gasteiger partial charge < -0.3 is 10.6 Å². The molecule has 0 unspecified atom stereocenters. The number of hydrogen-bond acceptors (Lipinski definition) is 3. The Morgan fingerprint density at radius 2 is 2.29 bits per heavy atom. The summed E-state index contributed by atoms with van der Waals surface area (Å²) in [5.74, 6) is 1.63. The van der Waals surface area contributed by atoms with Crippen LogP contribution >= 0.6 is 0 Å². The number of hydrogen-bond donors (Lipinski definition) is 2. The highest BCUT2D eigenvalue weighted by Gasteiger charge is 2.20. The molecule has 1 aromatic heterocycles. The Morgan fingerprint density at radius 1 is 1.47 bits per heavy atom. The average Bonchev–Trinajstić information content (AvgIpc) is 3.14. The van der Waals surface area contributed by atoms with Crippen molar-refractivity contribution in [1.82, 2.24) is 10.3 Å². The Labute approximate surface area is 102 Å². The summed E-state index contributed by atoms with van der Waals surface area (Å²) in [6, 6.07) is 3.64. The zero-order valence-corrected chi connectivity index (χ0v) is 10.2. The molecule has 1 aromatic rings. The minimum Gasteiger partial charge on any atom is -0.370 e. The maximum Gasteiger partial charge on any atom is 0.252 e. The fraction of sp³-hybridized carbons (Fsp3) is 0.538. The van der Waals surface area contributed by atoms with Gasteiger partial charge in [-0.3, -0.25) is 4.79 Å². The molecule has 1 fully saturated rings. The summed E-state index contributed by atoms with van der Waals surface area (Å²) >= 11 is 0. The van der Waals surface area contributed by atoms with Gasteiger partial charge in [0.1, 0.15) is 5.82 Å². The molecule has 1 aliphatic carbocycles. The number of amides is 1. The maximum atomic E-state index is 11.7. The van der Waals surface area contributed by atoms with Crippen LogP contribution in [0.1, 0.15) is 36.5 Å². The van der Waals surface area contributed by atoms with Crippen molar-refractivity contribution in [3.63, 3.8) is 0 Å². The first-order chi connectivity index (χ1) is 8.29. The van der Waals surface area contributed by atoms with Crippen LogP contribution in [0.2, 0.25) is 0 Å². The van der Waals surface area contributed by atoms with Gasteiger partial charge in [0.25, 0.3) is 5.91 Å². The fourth-order valence-corrected chi connectivity index (χ4v) is 1.71. The summed E-state index contributed by atoms with van der Waals surface area (Å²) in [4.78, 5) is 15.9. The van der Waals surface area contributed by atoms with E-state index < -0.39 is 0 Å². The van der Waals surface area contributed by atoms with Crippen LogP contribution in [0.15, 0.2) is 18.3 Å².